The Morgan fingerprint density at radius 3 is 2.49 bits per heavy atom. The number of fused-ring (bicyclic) bond motifs is 2. The summed E-state index contributed by atoms with van der Waals surface area (Å²) >= 11 is 0. The molecule has 55 heavy (non-hydrogen) atoms. The highest BCUT2D eigenvalue weighted by atomic mass is 16.7. The number of hydrogen-bond donors (Lipinski definition) is 3. The van der Waals surface area contributed by atoms with Crippen LogP contribution in [0.3, 0.4) is 0 Å². The molecular weight excluding hydrogens is 702 g/mol. The average Bonchev–Trinajstić information content (AvgIpc) is 4.10. The van der Waals surface area contributed by atoms with Crippen molar-refractivity contribution in [2.75, 3.05) is 72.4 Å². The van der Waals surface area contributed by atoms with Crippen molar-refractivity contribution in [3.8, 4) is 11.5 Å². The number of ether oxygens (including phenoxy) is 4. The molecule has 2 heterocycles. The van der Waals surface area contributed by atoms with Gasteiger partial charge in [0.05, 0.1) is 38.1 Å². The molecule has 12 nitrogen and oxygen atoms in total. The van der Waals surface area contributed by atoms with Crippen LogP contribution in [-0.4, -0.2) is 127 Å². The summed E-state index contributed by atoms with van der Waals surface area (Å²) in [4.78, 5) is 24.9. The molecule has 6 atom stereocenters. The molecule has 1 aromatic carbocycles. The third kappa shape index (κ3) is 10.1. The predicted octanol–water partition coefficient (Wildman–Crippen LogP) is 5.06. The summed E-state index contributed by atoms with van der Waals surface area (Å²) in [6.45, 7) is 14.7. The first-order valence-electron chi connectivity index (χ1n) is 20.7. The van der Waals surface area contributed by atoms with Gasteiger partial charge in [0.25, 0.3) is 0 Å². The van der Waals surface area contributed by atoms with E-state index in [4.69, 9.17) is 28.9 Å². The van der Waals surface area contributed by atoms with Crippen LogP contribution in [0, 0.1) is 23.7 Å². The molecule has 1 amide bonds. The van der Waals surface area contributed by atoms with Gasteiger partial charge in [0.15, 0.2) is 0 Å². The quantitative estimate of drug-likeness (QED) is 0.0599. The van der Waals surface area contributed by atoms with Crippen LogP contribution in [0.2, 0.25) is 0 Å². The Labute approximate surface area is 327 Å². The van der Waals surface area contributed by atoms with Crippen LogP contribution >= 0.6 is 0 Å². The molecule has 0 aromatic heterocycles. The summed E-state index contributed by atoms with van der Waals surface area (Å²) in [6, 6.07) is 5.53. The van der Waals surface area contributed by atoms with Gasteiger partial charge in [0, 0.05) is 63.2 Å². The van der Waals surface area contributed by atoms with Crippen molar-refractivity contribution >= 4 is 11.6 Å². The van der Waals surface area contributed by atoms with Crippen molar-refractivity contribution in [1.82, 2.24) is 9.80 Å². The van der Waals surface area contributed by atoms with Crippen molar-refractivity contribution in [3.05, 3.63) is 48.1 Å². The standard InChI is InChI=1S/C43H65N3O9/c1-5-23-53-43-38(46(19-24-51-26-22-49)41(50)30-12-13-30)29-36(44-55-42(2,3)4)34-27-31(10-6-8-20-47)33(11-7-9-21-48)39(40(34)43)35-28-32(14-15-37(35)54-43)52-25-18-45-16-17-45/h5,14-15,27-28,30-31,33,38-40,47-49H,1,6-13,16-26,29H2,2-4H3/t31-,33+,38-,39+,40+,43+/m0/s1. The van der Waals surface area contributed by atoms with E-state index in [1.165, 1.54) is 0 Å². The fourth-order valence-electron chi connectivity index (χ4n) is 8.83. The van der Waals surface area contributed by atoms with Gasteiger partial charge in [-0.2, -0.15) is 0 Å². The molecule has 2 saturated carbocycles. The number of allylic oxidation sites excluding steroid dienone is 1. The first-order valence-corrected chi connectivity index (χ1v) is 20.7. The van der Waals surface area contributed by atoms with E-state index in [0.717, 1.165) is 80.8 Å². The second kappa shape index (κ2) is 19.0. The third-order valence-corrected chi connectivity index (χ3v) is 11.6. The molecule has 1 saturated heterocycles. The highest BCUT2D eigenvalue weighted by Crippen LogP contribution is 2.62. The molecular formula is C43H65N3O9. The van der Waals surface area contributed by atoms with Crippen LogP contribution in [0.4, 0.5) is 0 Å². The van der Waals surface area contributed by atoms with Gasteiger partial charge in [-0.1, -0.05) is 30.1 Å². The van der Waals surface area contributed by atoms with Crippen molar-refractivity contribution in [3.63, 3.8) is 0 Å². The molecule has 2 aliphatic heterocycles. The maximum atomic E-state index is 14.4. The summed E-state index contributed by atoms with van der Waals surface area (Å²) in [5.74, 6) is -0.0808. The van der Waals surface area contributed by atoms with E-state index in [-0.39, 0.29) is 75.1 Å². The van der Waals surface area contributed by atoms with Crippen molar-refractivity contribution in [2.24, 2.45) is 28.8 Å². The van der Waals surface area contributed by atoms with Crippen LogP contribution in [0.5, 0.6) is 11.5 Å². The van der Waals surface area contributed by atoms with Gasteiger partial charge < -0.3 is 44.0 Å². The Kier molecular flexibility index (Phi) is 14.4. The fraction of sp³-hybridized carbons (Fsp3) is 0.721. The van der Waals surface area contributed by atoms with Crippen LogP contribution in [0.15, 0.2) is 47.7 Å². The lowest BCUT2D eigenvalue weighted by molar-refractivity contribution is -0.258. The lowest BCUT2D eigenvalue weighted by atomic mass is 9.55. The number of carbonyl (C=O) groups is 1. The van der Waals surface area contributed by atoms with Crippen LogP contribution in [0.25, 0.3) is 0 Å². The van der Waals surface area contributed by atoms with Gasteiger partial charge in [0.2, 0.25) is 11.7 Å². The third-order valence-electron chi connectivity index (χ3n) is 11.6. The second-order valence-corrected chi connectivity index (χ2v) is 16.8. The lowest BCUT2D eigenvalue weighted by Gasteiger charge is -2.60. The fourth-order valence-corrected chi connectivity index (χ4v) is 8.83. The minimum Gasteiger partial charge on any atom is -0.492 e. The van der Waals surface area contributed by atoms with Crippen molar-refractivity contribution in [1.29, 1.82) is 0 Å². The zero-order chi connectivity index (χ0) is 39.0. The summed E-state index contributed by atoms with van der Waals surface area (Å²) in [7, 11) is 0. The number of nitrogens with zero attached hydrogens (tertiary/aromatic N) is 3. The Bertz CT molecular complexity index is 1500. The van der Waals surface area contributed by atoms with E-state index < -0.39 is 17.4 Å². The van der Waals surface area contributed by atoms with E-state index >= 15 is 0 Å². The van der Waals surface area contributed by atoms with Gasteiger partial charge in [-0.05, 0) is 94.9 Å². The second-order valence-electron chi connectivity index (χ2n) is 16.8. The lowest BCUT2D eigenvalue weighted by Crippen LogP contribution is -2.70. The number of benzene rings is 1. The molecule has 0 radical (unpaired) electrons. The maximum absolute atomic E-state index is 14.4. The topological polar surface area (TPSA) is 143 Å². The van der Waals surface area contributed by atoms with Gasteiger partial charge in [-0.3, -0.25) is 9.69 Å². The van der Waals surface area contributed by atoms with E-state index in [2.05, 4.69) is 23.6 Å². The summed E-state index contributed by atoms with van der Waals surface area (Å²) in [5, 5.41) is 34.1. The molecule has 3 fully saturated rings. The highest BCUT2D eigenvalue weighted by molar-refractivity contribution is 6.03. The molecule has 0 unspecified atom stereocenters. The molecule has 12 heteroatoms. The molecule has 3 aliphatic carbocycles. The Hall–Kier alpha value is -3.00. The summed E-state index contributed by atoms with van der Waals surface area (Å²) in [5.41, 5.74) is 2.27. The van der Waals surface area contributed by atoms with Gasteiger partial charge in [-0.25, -0.2) is 0 Å². The van der Waals surface area contributed by atoms with Crippen molar-refractivity contribution < 1.29 is 43.9 Å². The number of unbranched alkanes of at least 4 members (excludes halogenated alkanes) is 2. The number of oxime groups is 1. The normalized spacial score (nSPS) is 27.8. The number of aliphatic hydroxyl groups is 3. The summed E-state index contributed by atoms with van der Waals surface area (Å²) in [6.07, 6.45) is 11.0. The Morgan fingerprint density at radius 1 is 1.05 bits per heavy atom. The van der Waals surface area contributed by atoms with Crippen LogP contribution < -0.4 is 9.47 Å². The smallest absolute Gasteiger partial charge is 0.239 e. The molecule has 3 N–H and O–H groups in total. The van der Waals surface area contributed by atoms with Crippen LogP contribution in [-0.2, 0) is 19.1 Å². The molecule has 5 aliphatic rings. The number of amides is 1. The highest BCUT2D eigenvalue weighted by Gasteiger charge is 2.66. The van der Waals surface area contributed by atoms with Gasteiger partial charge in [-0.15, -0.1) is 6.58 Å². The van der Waals surface area contributed by atoms with E-state index in [0.29, 0.717) is 38.2 Å². The van der Waals surface area contributed by atoms with Gasteiger partial charge in [0.1, 0.15) is 29.7 Å². The summed E-state index contributed by atoms with van der Waals surface area (Å²) < 4.78 is 26.5. The van der Waals surface area contributed by atoms with E-state index in [1.54, 1.807) is 6.08 Å². The Morgan fingerprint density at radius 2 is 1.82 bits per heavy atom. The molecule has 0 bridgehead atoms. The predicted molar refractivity (Wildman–Crippen MR) is 210 cm³/mol. The maximum Gasteiger partial charge on any atom is 0.239 e. The molecule has 0 spiro atoms. The Balaban J connectivity index is 1.54. The van der Waals surface area contributed by atoms with E-state index in [1.807, 2.05) is 37.8 Å². The minimum atomic E-state index is -1.31. The number of hydrogen-bond acceptors (Lipinski definition) is 11. The first-order chi connectivity index (χ1) is 26.6. The average molecular weight is 768 g/mol. The van der Waals surface area contributed by atoms with Crippen molar-refractivity contribution in [2.45, 2.75) is 102 Å². The van der Waals surface area contributed by atoms with Gasteiger partial charge >= 0.3 is 0 Å². The number of carbonyl (C=O) groups excluding carboxylic acids is 1. The number of aliphatic hydroxyl groups excluding tert-OH is 3. The number of rotatable bonds is 23. The zero-order valence-electron chi connectivity index (χ0n) is 33.3. The van der Waals surface area contributed by atoms with Crippen LogP contribution in [0.1, 0.15) is 90.0 Å². The monoisotopic (exact) mass is 767 g/mol. The molecule has 6 rings (SSSR count). The zero-order valence-corrected chi connectivity index (χ0v) is 33.3. The SMILES string of the molecule is C=CCO[C@@]12Oc3ccc(OCCN4CC4)cc3[C@H]3[C@H](CCCCO)[C@@H](CCCCO)C=C(C(=NOC(C)(C)C)C[C@@H]1N(CCOCCO)C(=O)C1CC1)[C@H]32. The minimum absolute atomic E-state index is 0.0426. The van der Waals surface area contributed by atoms with E-state index in [9.17, 15) is 20.1 Å². The largest absolute Gasteiger partial charge is 0.492 e. The first kappa shape index (κ1) is 41.6. The molecule has 306 valence electrons. The molecule has 1 aromatic rings.